The van der Waals surface area contributed by atoms with E-state index < -0.39 is 0 Å². The molecule has 0 spiro atoms. The van der Waals surface area contributed by atoms with Crippen molar-refractivity contribution in [2.24, 2.45) is 0 Å². The highest BCUT2D eigenvalue weighted by Crippen LogP contribution is 2.13. The van der Waals surface area contributed by atoms with Gasteiger partial charge in [0.25, 0.3) is 0 Å². The first kappa shape index (κ1) is 13.2. The molecule has 3 aromatic rings. The highest BCUT2D eigenvalue weighted by Gasteiger charge is 2.18. The Bertz CT molecular complexity index is 728. The summed E-state index contributed by atoms with van der Waals surface area (Å²) in [7, 11) is 0. The van der Waals surface area contributed by atoms with Crippen molar-refractivity contribution < 1.29 is 0 Å². The first-order valence-electron chi connectivity index (χ1n) is 7.57. The fourth-order valence-corrected chi connectivity index (χ4v) is 2.85. The molecule has 0 saturated heterocycles. The Morgan fingerprint density at radius 1 is 1.18 bits per heavy atom. The van der Waals surface area contributed by atoms with Gasteiger partial charge in [0.2, 0.25) is 0 Å². The van der Waals surface area contributed by atoms with E-state index in [0.717, 1.165) is 37.4 Å². The molecule has 0 fully saturated rings. The Morgan fingerprint density at radius 3 is 2.91 bits per heavy atom. The number of hydrogen-bond donors (Lipinski definition) is 1. The van der Waals surface area contributed by atoms with E-state index in [9.17, 15) is 0 Å². The highest BCUT2D eigenvalue weighted by atomic mass is 15.3. The van der Waals surface area contributed by atoms with Crippen LogP contribution in [0.1, 0.15) is 17.8 Å². The standard InChI is InChI=1S/C16H18N6/c1-8-19-21(9-1)15-5-2-13(3-6-15)10-17-14-4-7-16-18-12-20-22(16)11-14/h1-3,5-6,8-9,12,14,17H,4,7,10-11H2/t14-/m0/s1. The lowest BCUT2D eigenvalue weighted by atomic mass is 10.1. The Kier molecular flexibility index (Phi) is 3.44. The molecule has 6 heteroatoms. The van der Waals surface area contributed by atoms with Gasteiger partial charge in [-0.25, -0.2) is 14.3 Å². The molecule has 1 atom stereocenters. The molecule has 1 aliphatic heterocycles. The molecular formula is C16H18N6. The number of fused-ring (bicyclic) bond motifs is 1. The van der Waals surface area contributed by atoms with Crippen molar-refractivity contribution in [3.8, 4) is 5.69 Å². The summed E-state index contributed by atoms with van der Waals surface area (Å²) in [5.74, 6) is 1.10. The maximum atomic E-state index is 4.26. The SMILES string of the molecule is c1cnn(-c2ccc(CN[C@H]3CCc4ncnn4C3)cc2)c1. The van der Waals surface area contributed by atoms with E-state index in [1.54, 1.807) is 12.5 Å². The third-order valence-electron chi connectivity index (χ3n) is 4.11. The Balaban J connectivity index is 1.36. The van der Waals surface area contributed by atoms with Gasteiger partial charge in [-0.05, 0) is 30.2 Å². The second kappa shape index (κ2) is 5.73. The summed E-state index contributed by atoms with van der Waals surface area (Å²) < 4.78 is 3.87. The molecule has 6 nitrogen and oxygen atoms in total. The summed E-state index contributed by atoms with van der Waals surface area (Å²) in [6.45, 7) is 1.77. The zero-order chi connectivity index (χ0) is 14.8. The summed E-state index contributed by atoms with van der Waals surface area (Å²) in [5.41, 5.74) is 2.36. The van der Waals surface area contributed by atoms with E-state index in [0.29, 0.717) is 6.04 Å². The van der Waals surface area contributed by atoms with Crippen molar-refractivity contribution in [1.29, 1.82) is 0 Å². The van der Waals surface area contributed by atoms with Crippen molar-refractivity contribution >= 4 is 0 Å². The van der Waals surface area contributed by atoms with Gasteiger partial charge < -0.3 is 5.32 Å². The summed E-state index contributed by atoms with van der Waals surface area (Å²) >= 11 is 0. The van der Waals surface area contributed by atoms with Crippen LogP contribution in [0.4, 0.5) is 0 Å². The smallest absolute Gasteiger partial charge is 0.138 e. The lowest BCUT2D eigenvalue weighted by Crippen LogP contribution is -2.37. The Morgan fingerprint density at radius 2 is 2.09 bits per heavy atom. The summed E-state index contributed by atoms with van der Waals surface area (Å²) in [6, 6.07) is 10.9. The van der Waals surface area contributed by atoms with Crippen molar-refractivity contribution in [2.45, 2.75) is 32.0 Å². The third kappa shape index (κ3) is 2.65. The maximum Gasteiger partial charge on any atom is 0.138 e. The first-order chi connectivity index (χ1) is 10.9. The van der Waals surface area contributed by atoms with E-state index in [2.05, 4.69) is 44.8 Å². The van der Waals surface area contributed by atoms with Gasteiger partial charge in [0.15, 0.2) is 0 Å². The van der Waals surface area contributed by atoms with Gasteiger partial charge in [-0.15, -0.1) is 0 Å². The molecule has 1 N–H and O–H groups in total. The summed E-state index contributed by atoms with van der Waals surface area (Å²) in [4.78, 5) is 4.26. The number of benzene rings is 1. The quantitative estimate of drug-likeness (QED) is 0.793. The largest absolute Gasteiger partial charge is 0.308 e. The van der Waals surface area contributed by atoms with Crippen molar-refractivity contribution in [1.82, 2.24) is 29.9 Å². The second-order valence-corrected chi connectivity index (χ2v) is 5.59. The number of aryl methyl sites for hydroxylation is 1. The van der Waals surface area contributed by atoms with Crippen LogP contribution < -0.4 is 5.32 Å². The lowest BCUT2D eigenvalue weighted by Gasteiger charge is -2.23. The minimum Gasteiger partial charge on any atom is -0.308 e. The van der Waals surface area contributed by atoms with Crippen molar-refractivity contribution in [3.63, 3.8) is 0 Å². The molecule has 0 radical (unpaired) electrons. The molecule has 4 rings (SSSR count). The molecule has 22 heavy (non-hydrogen) atoms. The van der Waals surface area contributed by atoms with Crippen LogP contribution in [-0.2, 0) is 19.5 Å². The molecule has 0 aliphatic carbocycles. The number of nitrogens with one attached hydrogen (secondary N) is 1. The predicted octanol–water partition coefficient (Wildman–Crippen LogP) is 1.57. The van der Waals surface area contributed by atoms with E-state index in [1.165, 1.54) is 5.56 Å². The molecule has 0 unspecified atom stereocenters. The number of rotatable bonds is 4. The van der Waals surface area contributed by atoms with Crippen LogP contribution in [0.25, 0.3) is 5.69 Å². The lowest BCUT2D eigenvalue weighted by molar-refractivity contribution is 0.358. The normalized spacial score (nSPS) is 17.4. The number of aromatic nitrogens is 5. The molecule has 0 bridgehead atoms. The minimum atomic E-state index is 0.458. The molecule has 2 aromatic heterocycles. The van der Waals surface area contributed by atoms with Gasteiger partial charge in [-0.2, -0.15) is 10.2 Å². The maximum absolute atomic E-state index is 4.26. The fourth-order valence-electron chi connectivity index (χ4n) is 2.85. The van der Waals surface area contributed by atoms with Crippen LogP contribution in [0.15, 0.2) is 49.1 Å². The van der Waals surface area contributed by atoms with E-state index in [-0.39, 0.29) is 0 Å². The van der Waals surface area contributed by atoms with Crippen LogP contribution in [0.3, 0.4) is 0 Å². The Labute approximate surface area is 128 Å². The Hall–Kier alpha value is -2.47. The third-order valence-corrected chi connectivity index (χ3v) is 4.11. The zero-order valence-electron chi connectivity index (χ0n) is 12.3. The van der Waals surface area contributed by atoms with E-state index >= 15 is 0 Å². The molecular weight excluding hydrogens is 276 g/mol. The van der Waals surface area contributed by atoms with Crippen molar-refractivity contribution in [3.05, 3.63) is 60.4 Å². The van der Waals surface area contributed by atoms with E-state index in [4.69, 9.17) is 0 Å². The van der Waals surface area contributed by atoms with Crippen LogP contribution >= 0.6 is 0 Å². The predicted molar refractivity (Wildman–Crippen MR) is 82.5 cm³/mol. The van der Waals surface area contributed by atoms with Gasteiger partial charge in [-0.3, -0.25) is 0 Å². The average molecular weight is 294 g/mol. The zero-order valence-corrected chi connectivity index (χ0v) is 12.3. The first-order valence-corrected chi connectivity index (χ1v) is 7.57. The highest BCUT2D eigenvalue weighted by molar-refractivity contribution is 5.33. The van der Waals surface area contributed by atoms with Gasteiger partial charge >= 0.3 is 0 Å². The molecule has 0 saturated carbocycles. The topological polar surface area (TPSA) is 60.6 Å². The minimum absolute atomic E-state index is 0.458. The number of nitrogens with zero attached hydrogens (tertiary/aromatic N) is 5. The monoisotopic (exact) mass is 294 g/mol. The molecule has 0 amide bonds. The van der Waals surface area contributed by atoms with Gasteiger partial charge in [0, 0.05) is 31.4 Å². The molecule has 1 aromatic carbocycles. The van der Waals surface area contributed by atoms with Gasteiger partial charge in [0.1, 0.15) is 12.2 Å². The number of hydrogen-bond acceptors (Lipinski definition) is 4. The van der Waals surface area contributed by atoms with E-state index in [1.807, 2.05) is 21.6 Å². The molecule has 112 valence electrons. The van der Waals surface area contributed by atoms with Gasteiger partial charge in [0.05, 0.1) is 12.2 Å². The van der Waals surface area contributed by atoms with Crippen LogP contribution in [0, 0.1) is 0 Å². The molecule has 1 aliphatic rings. The summed E-state index contributed by atoms with van der Waals surface area (Å²) in [5, 5.41) is 12.1. The summed E-state index contributed by atoms with van der Waals surface area (Å²) in [6.07, 6.45) is 7.49. The van der Waals surface area contributed by atoms with Gasteiger partial charge in [-0.1, -0.05) is 12.1 Å². The van der Waals surface area contributed by atoms with Crippen molar-refractivity contribution in [2.75, 3.05) is 0 Å². The fraction of sp³-hybridized carbons (Fsp3) is 0.312. The van der Waals surface area contributed by atoms with Crippen LogP contribution in [0.5, 0.6) is 0 Å². The average Bonchev–Trinajstić information content (AvgIpc) is 3.24. The molecule has 3 heterocycles. The second-order valence-electron chi connectivity index (χ2n) is 5.59. The van der Waals surface area contributed by atoms with Crippen LogP contribution in [0.2, 0.25) is 0 Å². The van der Waals surface area contributed by atoms with Crippen LogP contribution in [-0.4, -0.2) is 30.6 Å².